The van der Waals surface area contributed by atoms with Gasteiger partial charge in [-0.2, -0.15) is 0 Å². The van der Waals surface area contributed by atoms with Crippen LogP contribution in [0.25, 0.3) is 0 Å². The van der Waals surface area contributed by atoms with E-state index in [4.69, 9.17) is 0 Å². The zero-order valence-corrected chi connectivity index (χ0v) is 13.7. The lowest BCUT2D eigenvalue weighted by Crippen LogP contribution is -2.24. The summed E-state index contributed by atoms with van der Waals surface area (Å²) < 4.78 is 0. The first-order chi connectivity index (χ1) is 11.6. The van der Waals surface area contributed by atoms with Crippen molar-refractivity contribution in [3.05, 3.63) is 54.1 Å². The quantitative estimate of drug-likeness (QED) is 0.888. The Bertz CT molecular complexity index is 723. The van der Waals surface area contributed by atoms with E-state index in [-0.39, 0.29) is 18.4 Å². The molecule has 124 valence electrons. The van der Waals surface area contributed by atoms with Crippen molar-refractivity contribution in [2.24, 2.45) is 0 Å². The monoisotopic (exact) mass is 323 g/mol. The third-order valence-corrected chi connectivity index (χ3v) is 4.04. The van der Waals surface area contributed by atoms with Crippen LogP contribution in [0, 0.1) is 6.92 Å². The van der Waals surface area contributed by atoms with E-state index in [0.717, 1.165) is 35.6 Å². The summed E-state index contributed by atoms with van der Waals surface area (Å²) in [7, 11) is 0. The fourth-order valence-corrected chi connectivity index (χ4v) is 2.70. The van der Waals surface area contributed by atoms with Crippen LogP contribution >= 0.6 is 0 Å². The van der Waals surface area contributed by atoms with Gasteiger partial charge < -0.3 is 15.5 Å². The minimum absolute atomic E-state index is 0.0994. The van der Waals surface area contributed by atoms with Crippen LogP contribution in [-0.4, -0.2) is 24.9 Å². The molecule has 1 heterocycles. The molecule has 1 saturated heterocycles. The van der Waals surface area contributed by atoms with Crippen molar-refractivity contribution >= 4 is 28.9 Å². The second-order valence-corrected chi connectivity index (χ2v) is 5.96. The zero-order valence-electron chi connectivity index (χ0n) is 13.7. The van der Waals surface area contributed by atoms with Gasteiger partial charge in [-0.15, -0.1) is 0 Å². The molecule has 0 bridgehead atoms. The number of benzene rings is 2. The third kappa shape index (κ3) is 3.93. The van der Waals surface area contributed by atoms with Crippen molar-refractivity contribution in [3.8, 4) is 0 Å². The Morgan fingerprint density at radius 3 is 2.33 bits per heavy atom. The van der Waals surface area contributed by atoms with Gasteiger partial charge in [0.1, 0.15) is 0 Å². The zero-order chi connectivity index (χ0) is 16.9. The Morgan fingerprint density at radius 2 is 1.71 bits per heavy atom. The summed E-state index contributed by atoms with van der Waals surface area (Å²) in [5, 5.41) is 5.94. The molecule has 2 aromatic rings. The summed E-state index contributed by atoms with van der Waals surface area (Å²) in [6.07, 6.45) is 1.54. The van der Waals surface area contributed by atoms with Gasteiger partial charge in [0.15, 0.2) is 0 Å². The topological polar surface area (TPSA) is 61.4 Å². The first-order valence-corrected chi connectivity index (χ1v) is 8.13. The maximum Gasteiger partial charge on any atom is 0.243 e. The van der Waals surface area contributed by atoms with Gasteiger partial charge in [0.2, 0.25) is 11.8 Å². The number of hydrogen-bond donors (Lipinski definition) is 2. The first-order valence-electron chi connectivity index (χ1n) is 8.13. The normalized spacial score (nSPS) is 13.9. The van der Waals surface area contributed by atoms with Crippen molar-refractivity contribution < 1.29 is 9.59 Å². The Kier molecular flexibility index (Phi) is 4.79. The van der Waals surface area contributed by atoms with Crippen molar-refractivity contribution in [3.63, 3.8) is 0 Å². The van der Waals surface area contributed by atoms with Crippen molar-refractivity contribution in [2.75, 3.05) is 28.6 Å². The highest BCUT2D eigenvalue weighted by Gasteiger charge is 2.21. The minimum atomic E-state index is -0.0994. The maximum absolute atomic E-state index is 12.0. The Hall–Kier alpha value is -2.82. The SMILES string of the molecule is Cc1ccc(NC(=O)CNc2ccc(N3CCCC3=O)cc2)cc1. The Balaban J connectivity index is 1.51. The lowest BCUT2D eigenvalue weighted by atomic mass is 10.2. The molecule has 5 nitrogen and oxygen atoms in total. The van der Waals surface area contributed by atoms with Crippen molar-refractivity contribution in [1.82, 2.24) is 0 Å². The number of aryl methyl sites for hydroxylation is 1. The molecule has 5 heteroatoms. The number of carbonyl (C=O) groups excluding carboxylic acids is 2. The summed E-state index contributed by atoms with van der Waals surface area (Å²) in [6, 6.07) is 15.3. The van der Waals surface area contributed by atoms with Crippen LogP contribution in [0.2, 0.25) is 0 Å². The van der Waals surface area contributed by atoms with E-state index < -0.39 is 0 Å². The van der Waals surface area contributed by atoms with Crippen LogP contribution in [0.3, 0.4) is 0 Å². The second-order valence-electron chi connectivity index (χ2n) is 5.96. The van der Waals surface area contributed by atoms with Gasteiger partial charge in [0, 0.05) is 30.0 Å². The van der Waals surface area contributed by atoms with E-state index in [9.17, 15) is 9.59 Å². The number of nitrogens with zero attached hydrogens (tertiary/aromatic N) is 1. The first kappa shape index (κ1) is 16.1. The third-order valence-electron chi connectivity index (χ3n) is 4.04. The molecule has 0 radical (unpaired) electrons. The molecule has 1 aliphatic rings. The molecule has 2 amide bonds. The highest BCUT2D eigenvalue weighted by Crippen LogP contribution is 2.22. The van der Waals surface area contributed by atoms with Crippen LogP contribution in [0.5, 0.6) is 0 Å². The molecule has 0 aliphatic carbocycles. The largest absolute Gasteiger partial charge is 0.376 e. The molecule has 0 aromatic heterocycles. The van der Waals surface area contributed by atoms with E-state index in [2.05, 4.69) is 10.6 Å². The second kappa shape index (κ2) is 7.17. The molecule has 1 fully saturated rings. The van der Waals surface area contributed by atoms with Crippen LogP contribution in [-0.2, 0) is 9.59 Å². The van der Waals surface area contributed by atoms with Gasteiger partial charge >= 0.3 is 0 Å². The molecule has 24 heavy (non-hydrogen) atoms. The lowest BCUT2D eigenvalue weighted by Gasteiger charge is -2.16. The van der Waals surface area contributed by atoms with E-state index in [1.807, 2.05) is 55.5 Å². The van der Waals surface area contributed by atoms with Gasteiger partial charge in [0.25, 0.3) is 0 Å². The van der Waals surface area contributed by atoms with Crippen molar-refractivity contribution in [1.29, 1.82) is 0 Å². The van der Waals surface area contributed by atoms with Gasteiger partial charge in [-0.05, 0) is 49.7 Å². The summed E-state index contributed by atoms with van der Waals surface area (Å²) in [4.78, 5) is 25.5. The smallest absolute Gasteiger partial charge is 0.243 e. The Morgan fingerprint density at radius 1 is 1.04 bits per heavy atom. The molecule has 0 unspecified atom stereocenters. The van der Waals surface area contributed by atoms with Crippen LogP contribution in [0.1, 0.15) is 18.4 Å². The number of anilines is 3. The summed E-state index contributed by atoms with van der Waals surface area (Å²) in [5.74, 6) is 0.0748. The van der Waals surface area contributed by atoms with E-state index in [1.165, 1.54) is 0 Å². The fraction of sp³-hybridized carbons (Fsp3) is 0.263. The number of rotatable bonds is 5. The number of amides is 2. The predicted molar refractivity (Wildman–Crippen MR) is 96.3 cm³/mol. The molecular formula is C19H21N3O2. The molecule has 0 spiro atoms. The van der Waals surface area contributed by atoms with Gasteiger partial charge in [0.05, 0.1) is 6.54 Å². The average Bonchev–Trinajstić information content (AvgIpc) is 3.02. The molecule has 0 saturated carbocycles. The van der Waals surface area contributed by atoms with Gasteiger partial charge in [-0.3, -0.25) is 9.59 Å². The van der Waals surface area contributed by atoms with Gasteiger partial charge in [-0.1, -0.05) is 17.7 Å². The maximum atomic E-state index is 12.0. The number of hydrogen-bond acceptors (Lipinski definition) is 3. The lowest BCUT2D eigenvalue weighted by molar-refractivity contribution is -0.117. The summed E-state index contributed by atoms with van der Waals surface area (Å²) >= 11 is 0. The predicted octanol–water partition coefficient (Wildman–Crippen LogP) is 3.17. The highest BCUT2D eigenvalue weighted by molar-refractivity contribution is 5.96. The molecule has 2 N–H and O–H groups in total. The van der Waals surface area contributed by atoms with Crippen LogP contribution < -0.4 is 15.5 Å². The van der Waals surface area contributed by atoms with Gasteiger partial charge in [-0.25, -0.2) is 0 Å². The van der Waals surface area contributed by atoms with E-state index in [0.29, 0.717) is 6.42 Å². The van der Waals surface area contributed by atoms with Crippen LogP contribution in [0.15, 0.2) is 48.5 Å². The molecule has 2 aromatic carbocycles. The van der Waals surface area contributed by atoms with Crippen molar-refractivity contribution in [2.45, 2.75) is 19.8 Å². The number of carbonyl (C=O) groups is 2. The molecular weight excluding hydrogens is 302 g/mol. The minimum Gasteiger partial charge on any atom is -0.376 e. The number of nitrogens with one attached hydrogen (secondary N) is 2. The molecule has 1 aliphatic heterocycles. The standard InChI is InChI=1S/C19H21N3O2/c1-14-4-6-16(7-5-14)21-18(23)13-20-15-8-10-17(11-9-15)22-12-2-3-19(22)24/h4-11,20H,2-3,12-13H2,1H3,(H,21,23). The summed E-state index contributed by atoms with van der Waals surface area (Å²) in [6.45, 7) is 2.98. The highest BCUT2D eigenvalue weighted by atomic mass is 16.2. The Labute approximate surface area is 141 Å². The van der Waals surface area contributed by atoms with E-state index in [1.54, 1.807) is 4.90 Å². The van der Waals surface area contributed by atoms with Crippen LogP contribution in [0.4, 0.5) is 17.1 Å². The molecule has 0 atom stereocenters. The fourth-order valence-electron chi connectivity index (χ4n) is 2.70. The van der Waals surface area contributed by atoms with E-state index >= 15 is 0 Å². The summed E-state index contributed by atoms with van der Waals surface area (Å²) in [5.41, 5.74) is 3.70. The molecule has 3 rings (SSSR count). The average molecular weight is 323 g/mol.